The lowest BCUT2D eigenvalue weighted by molar-refractivity contribution is -0.384. The molecule has 0 saturated carbocycles. The second kappa shape index (κ2) is 6.22. The Bertz CT molecular complexity index is 874. The van der Waals surface area contributed by atoms with Crippen molar-refractivity contribution in [2.24, 2.45) is 0 Å². The summed E-state index contributed by atoms with van der Waals surface area (Å²) in [6.45, 7) is 2.64. The summed E-state index contributed by atoms with van der Waals surface area (Å²) in [6, 6.07) is 12.7. The van der Waals surface area contributed by atoms with Gasteiger partial charge in [0.2, 0.25) is 0 Å². The molecular weight excluding hydrogens is 314 g/mol. The van der Waals surface area contributed by atoms with E-state index in [2.05, 4.69) is 4.98 Å². The zero-order valence-electron chi connectivity index (χ0n) is 12.4. The molecule has 23 heavy (non-hydrogen) atoms. The molecule has 3 aromatic rings. The lowest BCUT2D eigenvalue weighted by Crippen LogP contribution is -2.02. The van der Waals surface area contributed by atoms with Gasteiger partial charge in [0, 0.05) is 24.5 Å². The topological polar surface area (TPSA) is 61.0 Å². The number of imidazole rings is 1. The fourth-order valence-electron chi connectivity index (χ4n) is 2.50. The molecule has 0 radical (unpaired) electrons. The van der Waals surface area contributed by atoms with E-state index < -0.39 is 4.92 Å². The van der Waals surface area contributed by atoms with Gasteiger partial charge in [-0.15, -0.1) is 0 Å². The standard InChI is InChI=1S/C17H14ClN3O2/c1-12-9-19-11-20(12)10-14-4-2-3-5-15(14)13-6-7-16(18)17(8-13)21(22)23/h2-9,11H,10H2,1H3. The summed E-state index contributed by atoms with van der Waals surface area (Å²) in [5.41, 5.74) is 3.75. The first kappa shape index (κ1) is 15.2. The highest BCUT2D eigenvalue weighted by Crippen LogP contribution is 2.32. The van der Waals surface area contributed by atoms with Crippen LogP contribution in [0.2, 0.25) is 5.02 Å². The summed E-state index contributed by atoms with van der Waals surface area (Å²) in [5.74, 6) is 0. The van der Waals surface area contributed by atoms with Gasteiger partial charge in [-0.05, 0) is 29.7 Å². The van der Waals surface area contributed by atoms with Crippen LogP contribution >= 0.6 is 11.6 Å². The maximum absolute atomic E-state index is 11.1. The molecule has 0 N–H and O–H groups in total. The molecule has 2 aromatic carbocycles. The number of halogens is 1. The Kier molecular flexibility index (Phi) is 4.12. The Hall–Kier alpha value is -2.66. The van der Waals surface area contributed by atoms with Gasteiger partial charge in [-0.1, -0.05) is 41.9 Å². The minimum absolute atomic E-state index is 0.0854. The molecule has 0 unspecified atom stereocenters. The number of hydrogen-bond acceptors (Lipinski definition) is 3. The molecule has 6 heteroatoms. The Labute approximate surface area is 138 Å². The van der Waals surface area contributed by atoms with Crippen molar-refractivity contribution in [3.8, 4) is 11.1 Å². The Balaban J connectivity index is 2.06. The largest absolute Gasteiger partial charge is 0.330 e. The predicted octanol–water partition coefficient (Wildman–Crippen LogP) is 4.47. The number of aromatic nitrogens is 2. The highest BCUT2D eigenvalue weighted by atomic mass is 35.5. The van der Waals surface area contributed by atoms with Crippen LogP contribution in [0.3, 0.4) is 0 Å². The van der Waals surface area contributed by atoms with Crippen molar-refractivity contribution in [2.45, 2.75) is 13.5 Å². The first-order chi connectivity index (χ1) is 11.1. The molecule has 0 aliphatic rings. The van der Waals surface area contributed by atoms with Gasteiger partial charge in [0.25, 0.3) is 5.69 Å². The zero-order valence-corrected chi connectivity index (χ0v) is 13.2. The molecule has 0 aliphatic carbocycles. The summed E-state index contributed by atoms with van der Waals surface area (Å²) in [6.07, 6.45) is 3.58. The van der Waals surface area contributed by atoms with E-state index in [0.29, 0.717) is 6.54 Å². The third-order valence-corrected chi connectivity index (χ3v) is 4.05. The van der Waals surface area contributed by atoms with E-state index >= 15 is 0 Å². The van der Waals surface area contributed by atoms with Crippen molar-refractivity contribution in [1.82, 2.24) is 9.55 Å². The van der Waals surface area contributed by atoms with Crippen molar-refractivity contribution in [3.05, 3.63) is 81.4 Å². The monoisotopic (exact) mass is 327 g/mol. The average molecular weight is 328 g/mol. The van der Waals surface area contributed by atoms with Crippen LogP contribution in [0.4, 0.5) is 5.69 Å². The smallest absolute Gasteiger partial charge is 0.288 e. The fraction of sp³-hybridized carbons (Fsp3) is 0.118. The van der Waals surface area contributed by atoms with E-state index in [-0.39, 0.29) is 10.7 Å². The lowest BCUT2D eigenvalue weighted by Gasteiger charge is -2.12. The Morgan fingerprint density at radius 3 is 2.74 bits per heavy atom. The molecule has 116 valence electrons. The quantitative estimate of drug-likeness (QED) is 0.524. The number of rotatable bonds is 4. The fourth-order valence-corrected chi connectivity index (χ4v) is 2.68. The molecule has 0 spiro atoms. The maximum atomic E-state index is 11.1. The normalized spacial score (nSPS) is 10.7. The molecule has 1 aromatic heterocycles. The number of nitrogens with zero attached hydrogens (tertiary/aromatic N) is 3. The van der Waals surface area contributed by atoms with Crippen LogP contribution in [0, 0.1) is 17.0 Å². The van der Waals surface area contributed by atoms with Gasteiger partial charge in [-0.2, -0.15) is 0 Å². The minimum atomic E-state index is -0.464. The van der Waals surface area contributed by atoms with Crippen molar-refractivity contribution in [3.63, 3.8) is 0 Å². The van der Waals surface area contributed by atoms with E-state index in [1.807, 2.05) is 35.8 Å². The molecule has 0 atom stereocenters. The van der Waals surface area contributed by atoms with Crippen LogP contribution in [0.1, 0.15) is 11.3 Å². The van der Waals surface area contributed by atoms with E-state index in [9.17, 15) is 10.1 Å². The van der Waals surface area contributed by atoms with Crippen LogP contribution in [0.15, 0.2) is 55.0 Å². The second-order valence-electron chi connectivity index (χ2n) is 5.24. The number of aryl methyl sites for hydroxylation is 1. The number of nitro benzene ring substituents is 1. The van der Waals surface area contributed by atoms with E-state index in [1.165, 1.54) is 6.07 Å². The lowest BCUT2D eigenvalue weighted by atomic mass is 9.99. The Morgan fingerprint density at radius 2 is 2.04 bits per heavy atom. The van der Waals surface area contributed by atoms with Gasteiger partial charge in [0.15, 0.2) is 0 Å². The SMILES string of the molecule is Cc1cncn1Cc1ccccc1-c1ccc(Cl)c([N+](=O)[O-])c1. The molecule has 0 fully saturated rings. The third kappa shape index (κ3) is 3.10. The first-order valence-electron chi connectivity index (χ1n) is 7.05. The summed E-state index contributed by atoms with van der Waals surface area (Å²) in [7, 11) is 0. The maximum Gasteiger partial charge on any atom is 0.288 e. The third-order valence-electron chi connectivity index (χ3n) is 3.73. The summed E-state index contributed by atoms with van der Waals surface area (Å²) < 4.78 is 2.03. The van der Waals surface area contributed by atoms with Crippen molar-refractivity contribution in [2.75, 3.05) is 0 Å². The predicted molar refractivity (Wildman–Crippen MR) is 89.6 cm³/mol. The van der Waals surface area contributed by atoms with Gasteiger partial charge in [0.05, 0.1) is 11.3 Å². The first-order valence-corrected chi connectivity index (χ1v) is 7.43. The van der Waals surface area contributed by atoms with Gasteiger partial charge in [-0.25, -0.2) is 4.98 Å². The molecule has 0 aliphatic heterocycles. The molecule has 3 rings (SSSR count). The molecule has 0 bridgehead atoms. The average Bonchev–Trinajstić information content (AvgIpc) is 2.93. The summed E-state index contributed by atoms with van der Waals surface area (Å²) in [5, 5.41) is 11.2. The van der Waals surface area contributed by atoms with Crippen LogP contribution in [0.25, 0.3) is 11.1 Å². The highest BCUT2D eigenvalue weighted by Gasteiger charge is 2.15. The van der Waals surface area contributed by atoms with E-state index in [1.54, 1.807) is 24.7 Å². The summed E-state index contributed by atoms with van der Waals surface area (Å²) >= 11 is 5.90. The zero-order chi connectivity index (χ0) is 16.4. The van der Waals surface area contributed by atoms with E-state index in [0.717, 1.165) is 22.4 Å². The molecular formula is C17H14ClN3O2. The molecule has 0 saturated heterocycles. The Morgan fingerprint density at radius 1 is 1.26 bits per heavy atom. The second-order valence-corrected chi connectivity index (χ2v) is 5.65. The number of nitro groups is 1. The van der Waals surface area contributed by atoms with Crippen molar-refractivity contribution < 1.29 is 4.92 Å². The van der Waals surface area contributed by atoms with Crippen LogP contribution < -0.4 is 0 Å². The van der Waals surface area contributed by atoms with E-state index in [4.69, 9.17) is 11.6 Å². The van der Waals surface area contributed by atoms with Gasteiger partial charge < -0.3 is 4.57 Å². The van der Waals surface area contributed by atoms with Crippen molar-refractivity contribution >= 4 is 17.3 Å². The number of benzene rings is 2. The van der Waals surface area contributed by atoms with Gasteiger partial charge in [-0.3, -0.25) is 10.1 Å². The minimum Gasteiger partial charge on any atom is -0.330 e. The molecule has 1 heterocycles. The number of hydrogen-bond donors (Lipinski definition) is 0. The van der Waals surface area contributed by atoms with Crippen LogP contribution in [-0.2, 0) is 6.54 Å². The summed E-state index contributed by atoms with van der Waals surface area (Å²) in [4.78, 5) is 14.8. The molecule has 5 nitrogen and oxygen atoms in total. The van der Waals surface area contributed by atoms with Crippen molar-refractivity contribution in [1.29, 1.82) is 0 Å². The van der Waals surface area contributed by atoms with Gasteiger partial charge in [0.1, 0.15) is 5.02 Å². The van der Waals surface area contributed by atoms with Crippen LogP contribution in [0.5, 0.6) is 0 Å². The van der Waals surface area contributed by atoms with Gasteiger partial charge >= 0.3 is 0 Å². The molecule has 0 amide bonds. The highest BCUT2D eigenvalue weighted by molar-refractivity contribution is 6.32. The van der Waals surface area contributed by atoms with Crippen LogP contribution in [-0.4, -0.2) is 14.5 Å².